The maximum Gasteiger partial charge on any atom is 0.236 e. The van der Waals surface area contributed by atoms with E-state index in [1.54, 1.807) is 0 Å². The summed E-state index contributed by atoms with van der Waals surface area (Å²) in [7, 11) is 2.19. The third-order valence-electron chi connectivity index (χ3n) is 7.07. The Bertz CT molecular complexity index is 943. The molecule has 1 aromatic carbocycles. The van der Waals surface area contributed by atoms with Gasteiger partial charge in [-0.1, -0.05) is 12.1 Å². The number of amides is 1. The minimum Gasteiger partial charge on any atom is -0.361 e. The third kappa shape index (κ3) is 6.57. The van der Waals surface area contributed by atoms with Gasteiger partial charge in [0.2, 0.25) is 5.91 Å². The number of hydrogen-bond acceptors (Lipinski definition) is 5. The average molecular weight is 476 g/mol. The number of fused-ring (bicyclic) bond motifs is 1. The summed E-state index contributed by atoms with van der Waals surface area (Å²) in [5.41, 5.74) is 1.22. The molecule has 2 aliphatic rings. The number of rotatable bonds is 7. The van der Waals surface area contributed by atoms with Crippen molar-refractivity contribution in [2.75, 3.05) is 52.9 Å². The van der Waals surface area contributed by atoms with E-state index in [4.69, 9.17) is 0 Å². The van der Waals surface area contributed by atoms with E-state index >= 15 is 0 Å². The molecule has 2 N–H and O–H groups in total. The lowest BCUT2D eigenvalue weighted by Crippen LogP contribution is -2.56. The number of Topliss-reactive ketones (excluding diaryl/α,β-unsaturated/α-hetero) is 1. The number of H-pyrrole nitrogens is 1. The van der Waals surface area contributed by atoms with Crippen LogP contribution in [0.4, 0.5) is 0 Å². The molecule has 0 spiro atoms. The molecule has 2 aliphatic heterocycles. The van der Waals surface area contributed by atoms with Crippen molar-refractivity contribution in [1.29, 1.82) is 0 Å². The molecule has 8 heteroatoms. The monoisotopic (exact) mass is 475 g/mol. The number of carbonyl (C=O) groups excluding carboxylic acids is 2. The molecule has 3 heterocycles. The van der Waals surface area contributed by atoms with E-state index in [2.05, 4.69) is 27.1 Å². The number of hydrogen-bond donors (Lipinski definition) is 2. The largest absolute Gasteiger partial charge is 0.361 e. The number of aromatic nitrogens is 1. The predicted octanol–water partition coefficient (Wildman–Crippen LogP) is 2.77. The van der Waals surface area contributed by atoms with E-state index in [1.165, 1.54) is 25.9 Å². The number of likely N-dealkylation sites (tertiary alicyclic amines) is 1. The normalized spacial score (nSPS) is 18.9. The molecule has 182 valence electrons. The second-order valence-corrected chi connectivity index (χ2v) is 10.1. The Labute approximate surface area is 203 Å². The van der Waals surface area contributed by atoms with Crippen LogP contribution < -0.4 is 5.32 Å². The first-order valence-corrected chi connectivity index (χ1v) is 11.9. The van der Waals surface area contributed by atoms with Crippen molar-refractivity contribution in [1.82, 2.24) is 25.0 Å². The number of aromatic amines is 1. The molecule has 1 amide bonds. The van der Waals surface area contributed by atoms with Crippen molar-refractivity contribution >= 4 is 35.0 Å². The fourth-order valence-electron chi connectivity index (χ4n) is 4.91. The van der Waals surface area contributed by atoms with Gasteiger partial charge < -0.3 is 20.1 Å². The Kier molecular flexibility index (Phi) is 8.56. The van der Waals surface area contributed by atoms with Gasteiger partial charge in [0.1, 0.15) is 0 Å². The zero-order chi connectivity index (χ0) is 22.7. The first kappa shape index (κ1) is 25.7. The highest BCUT2D eigenvalue weighted by Gasteiger charge is 2.29. The predicted molar refractivity (Wildman–Crippen MR) is 135 cm³/mol. The summed E-state index contributed by atoms with van der Waals surface area (Å²) >= 11 is 0. The van der Waals surface area contributed by atoms with E-state index in [0.717, 1.165) is 37.1 Å². The van der Waals surface area contributed by atoms with Gasteiger partial charge >= 0.3 is 0 Å². The number of nitrogens with zero attached hydrogens (tertiary/aromatic N) is 3. The smallest absolute Gasteiger partial charge is 0.236 e. The number of piperidine rings is 1. The summed E-state index contributed by atoms with van der Waals surface area (Å²) < 4.78 is 0. The van der Waals surface area contributed by atoms with Gasteiger partial charge in [-0.05, 0) is 64.3 Å². The van der Waals surface area contributed by atoms with Crippen molar-refractivity contribution in [2.45, 2.75) is 44.7 Å². The lowest BCUT2D eigenvalue weighted by Gasteiger charge is -2.42. The van der Waals surface area contributed by atoms with Gasteiger partial charge in [-0.15, -0.1) is 12.4 Å². The molecule has 2 fully saturated rings. The van der Waals surface area contributed by atoms with E-state index < -0.39 is 5.54 Å². The molecule has 0 aliphatic carbocycles. The highest BCUT2D eigenvalue weighted by atomic mass is 35.5. The van der Waals surface area contributed by atoms with Crippen LogP contribution in [0, 0.1) is 0 Å². The molecule has 33 heavy (non-hydrogen) atoms. The summed E-state index contributed by atoms with van der Waals surface area (Å²) in [6, 6.07) is 8.41. The van der Waals surface area contributed by atoms with E-state index in [-0.39, 0.29) is 30.6 Å². The van der Waals surface area contributed by atoms with Crippen LogP contribution in [0.15, 0.2) is 30.5 Å². The zero-order valence-electron chi connectivity index (χ0n) is 20.1. The topological polar surface area (TPSA) is 71.7 Å². The Morgan fingerprint density at radius 1 is 1.06 bits per heavy atom. The first-order chi connectivity index (χ1) is 15.3. The molecule has 0 unspecified atom stereocenters. The first-order valence-electron chi connectivity index (χ1n) is 11.9. The SMILES string of the molecule is CN1CCC(N2CCN(C(=O)CNC(C)(C)CC(=O)c3ccc4cc[nH]c4c3)CC2)CC1.Cl. The van der Waals surface area contributed by atoms with Crippen LogP contribution in [0.25, 0.3) is 10.9 Å². The number of nitrogens with one attached hydrogen (secondary N) is 2. The molecule has 0 atom stereocenters. The number of carbonyl (C=O) groups is 2. The third-order valence-corrected chi connectivity index (χ3v) is 7.07. The van der Waals surface area contributed by atoms with Crippen LogP contribution in [0.1, 0.15) is 43.5 Å². The number of benzene rings is 1. The highest BCUT2D eigenvalue weighted by molar-refractivity contribution is 6.00. The van der Waals surface area contributed by atoms with Crippen molar-refractivity contribution in [3.8, 4) is 0 Å². The van der Waals surface area contributed by atoms with Crippen molar-refractivity contribution in [2.24, 2.45) is 0 Å². The second-order valence-electron chi connectivity index (χ2n) is 10.1. The van der Waals surface area contributed by atoms with Crippen molar-refractivity contribution in [3.05, 3.63) is 36.0 Å². The van der Waals surface area contributed by atoms with Crippen LogP contribution in [-0.4, -0.2) is 95.8 Å². The summed E-state index contributed by atoms with van der Waals surface area (Å²) in [4.78, 5) is 35.7. The Morgan fingerprint density at radius 2 is 1.76 bits per heavy atom. The molecule has 0 radical (unpaired) electrons. The Morgan fingerprint density at radius 3 is 2.45 bits per heavy atom. The highest BCUT2D eigenvalue weighted by Crippen LogP contribution is 2.20. The van der Waals surface area contributed by atoms with Crippen molar-refractivity contribution < 1.29 is 9.59 Å². The minimum atomic E-state index is -0.451. The molecular formula is C25H38ClN5O2. The zero-order valence-corrected chi connectivity index (χ0v) is 20.9. The summed E-state index contributed by atoms with van der Waals surface area (Å²) in [5.74, 6) is 0.208. The second kappa shape index (κ2) is 11.0. The molecule has 0 bridgehead atoms. The quantitative estimate of drug-likeness (QED) is 0.602. The molecule has 4 rings (SSSR count). The summed E-state index contributed by atoms with van der Waals surface area (Å²) in [6.45, 7) is 10.1. The van der Waals surface area contributed by atoms with E-state index in [9.17, 15) is 9.59 Å². The van der Waals surface area contributed by atoms with Gasteiger partial charge in [-0.3, -0.25) is 14.5 Å². The maximum atomic E-state index is 12.8. The van der Waals surface area contributed by atoms with Gasteiger partial charge in [-0.2, -0.15) is 0 Å². The fourth-order valence-corrected chi connectivity index (χ4v) is 4.91. The lowest BCUT2D eigenvalue weighted by atomic mass is 9.93. The lowest BCUT2D eigenvalue weighted by molar-refractivity contribution is -0.132. The van der Waals surface area contributed by atoms with Gasteiger partial charge in [0.15, 0.2) is 5.78 Å². The van der Waals surface area contributed by atoms with Crippen molar-refractivity contribution in [3.63, 3.8) is 0 Å². The van der Waals surface area contributed by atoms with Crippen LogP contribution in [0.5, 0.6) is 0 Å². The fraction of sp³-hybridized carbons (Fsp3) is 0.600. The van der Waals surface area contributed by atoms with Crippen LogP contribution >= 0.6 is 12.4 Å². The van der Waals surface area contributed by atoms with Crippen LogP contribution in [-0.2, 0) is 4.79 Å². The summed E-state index contributed by atoms with van der Waals surface area (Å²) in [5, 5.41) is 4.43. The molecule has 2 saturated heterocycles. The molecule has 7 nitrogen and oxygen atoms in total. The Hall–Kier alpha value is -1.93. The van der Waals surface area contributed by atoms with Gasteiger partial charge in [0.25, 0.3) is 0 Å². The molecule has 0 saturated carbocycles. The number of halogens is 1. The average Bonchev–Trinajstić information content (AvgIpc) is 3.26. The van der Waals surface area contributed by atoms with E-state index in [0.29, 0.717) is 18.0 Å². The van der Waals surface area contributed by atoms with E-state index in [1.807, 2.05) is 49.2 Å². The standard InChI is InChI=1S/C25H37N5O2.ClH/c1-25(2,17-23(31)20-5-4-19-6-9-26-22(19)16-20)27-18-24(32)30-14-12-29(13-15-30)21-7-10-28(3)11-8-21;/h4-6,9,16,21,26-27H,7-8,10-15,17-18H2,1-3H3;1H. The number of piperazine rings is 1. The maximum absolute atomic E-state index is 12.8. The van der Waals surface area contributed by atoms with Gasteiger partial charge in [0, 0.05) is 61.5 Å². The molecular weight excluding hydrogens is 438 g/mol. The minimum absolute atomic E-state index is 0. The van der Waals surface area contributed by atoms with Gasteiger partial charge in [0.05, 0.1) is 6.54 Å². The Balaban J connectivity index is 0.00000306. The number of ketones is 1. The van der Waals surface area contributed by atoms with Gasteiger partial charge in [-0.25, -0.2) is 0 Å². The molecule has 2 aromatic rings. The molecule has 1 aromatic heterocycles. The van der Waals surface area contributed by atoms with Crippen LogP contribution in [0.3, 0.4) is 0 Å². The summed E-state index contributed by atoms with van der Waals surface area (Å²) in [6.07, 6.45) is 4.68. The van der Waals surface area contributed by atoms with Crippen LogP contribution in [0.2, 0.25) is 0 Å².